The largest absolute Gasteiger partial charge is 0.386 e. The summed E-state index contributed by atoms with van der Waals surface area (Å²) in [6.45, 7) is 0. The van der Waals surface area contributed by atoms with Gasteiger partial charge in [0.25, 0.3) is 0 Å². The van der Waals surface area contributed by atoms with Gasteiger partial charge in [-0.2, -0.15) is 0 Å². The molecule has 0 spiro atoms. The van der Waals surface area contributed by atoms with Gasteiger partial charge in [0.15, 0.2) is 0 Å². The minimum absolute atomic E-state index is 0.433. The first kappa shape index (κ1) is 12.2. The van der Waals surface area contributed by atoms with E-state index in [-0.39, 0.29) is 0 Å². The summed E-state index contributed by atoms with van der Waals surface area (Å²) in [4.78, 5) is 0. The zero-order chi connectivity index (χ0) is 13.3. The van der Waals surface area contributed by atoms with E-state index in [1.165, 1.54) is 0 Å². The minimum Gasteiger partial charge on any atom is -0.386 e. The van der Waals surface area contributed by atoms with Gasteiger partial charge in [0.1, 0.15) is 11.7 Å². The summed E-state index contributed by atoms with van der Waals surface area (Å²) >= 11 is 0. The van der Waals surface area contributed by atoms with Gasteiger partial charge in [0.05, 0.1) is 0 Å². The van der Waals surface area contributed by atoms with Crippen LogP contribution in [0.25, 0.3) is 5.57 Å². The molecule has 0 radical (unpaired) electrons. The molecule has 3 rings (SSSR count). The predicted molar refractivity (Wildman–Crippen MR) is 75.4 cm³/mol. The van der Waals surface area contributed by atoms with Crippen LogP contribution in [0.3, 0.4) is 0 Å². The van der Waals surface area contributed by atoms with Crippen molar-refractivity contribution in [1.29, 1.82) is 0 Å². The minimum atomic E-state index is -1.22. The molecular weight excluding hydrogens is 236 g/mol. The third-order valence-electron chi connectivity index (χ3n) is 3.73. The number of benzene rings is 2. The first-order chi connectivity index (χ1) is 9.20. The molecule has 0 saturated carbocycles. The Bertz CT molecular complexity index is 589. The Morgan fingerprint density at radius 3 is 2.11 bits per heavy atom. The fraction of sp³-hybridized carbons (Fsp3) is 0.176. The van der Waals surface area contributed by atoms with Crippen LogP contribution >= 0.6 is 0 Å². The summed E-state index contributed by atoms with van der Waals surface area (Å²) in [6.07, 6.45) is 1.31. The van der Waals surface area contributed by atoms with Crippen LogP contribution in [-0.2, 0) is 5.60 Å². The highest BCUT2D eigenvalue weighted by Gasteiger charge is 2.41. The molecule has 0 unspecified atom stereocenters. The van der Waals surface area contributed by atoms with Gasteiger partial charge >= 0.3 is 0 Å². The van der Waals surface area contributed by atoms with E-state index < -0.39 is 11.7 Å². The average Bonchev–Trinajstić information content (AvgIpc) is 2.78. The van der Waals surface area contributed by atoms with Crippen LogP contribution in [0.15, 0.2) is 66.7 Å². The maximum absolute atomic E-state index is 10.8. The SMILES string of the molecule is O[C@@H]1C=C(c2ccccc2)C[C@@]1(O)c1ccccc1. The molecule has 2 N–H and O–H groups in total. The topological polar surface area (TPSA) is 40.5 Å². The number of aliphatic hydroxyl groups excluding tert-OH is 1. The summed E-state index contributed by atoms with van der Waals surface area (Å²) in [5, 5.41) is 21.0. The molecule has 0 heterocycles. The Labute approximate surface area is 112 Å². The number of rotatable bonds is 2. The van der Waals surface area contributed by atoms with E-state index in [0.29, 0.717) is 6.42 Å². The van der Waals surface area contributed by atoms with Crippen LogP contribution in [-0.4, -0.2) is 16.3 Å². The van der Waals surface area contributed by atoms with E-state index in [1.54, 1.807) is 6.08 Å². The fourth-order valence-electron chi connectivity index (χ4n) is 2.63. The van der Waals surface area contributed by atoms with Crippen LogP contribution in [0, 0.1) is 0 Å². The molecule has 2 aromatic carbocycles. The Morgan fingerprint density at radius 2 is 1.47 bits per heavy atom. The van der Waals surface area contributed by atoms with E-state index in [2.05, 4.69) is 0 Å². The molecule has 0 bridgehead atoms. The van der Waals surface area contributed by atoms with Crippen LogP contribution in [0.1, 0.15) is 17.5 Å². The lowest BCUT2D eigenvalue weighted by Gasteiger charge is -2.27. The summed E-state index contributed by atoms with van der Waals surface area (Å²) in [6, 6.07) is 19.2. The summed E-state index contributed by atoms with van der Waals surface area (Å²) in [5.74, 6) is 0. The Balaban J connectivity index is 1.94. The first-order valence-electron chi connectivity index (χ1n) is 6.42. The molecule has 0 aromatic heterocycles. The zero-order valence-corrected chi connectivity index (χ0v) is 10.5. The van der Waals surface area contributed by atoms with Crippen molar-refractivity contribution in [3.63, 3.8) is 0 Å². The number of aliphatic hydroxyl groups is 2. The molecule has 0 amide bonds. The van der Waals surface area contributed by atoms with E-state index >= 15 is 0 Å². The normalized spacial score (nSPS) is 26.2. The fourth-order valence-corrected chi connectivity index (χ4v) is 2.63. The molecule has 2 aromatic rings. The van der Waals surface area contributed by atoms with Gasteiger partial charge in [0.2, 0.25) is 0 Å². The molecule has 1 aliphatic carbocycles. The third kappa shape index (κ3) is 2.09. The standard InChI is InChI=1S/C17H16O2/c18-16-11-14(13-7-3-1-4-8-13)12-17(16,19)15-9-5-2-6-10-15/h1-11,16,18-19H,12H2/t16-,17-/m1/s1. The molecule has 19 heavy (non-hydrogen) atoms. The second kappa shape index (κ2) is 4.65. The molecular formula is C17H16O2. The molecule has 2 nitrogen and oxygen atoms in total. The number of hydrogen-bond acceptors (Lipinski definition) is 2. The first-order valence-corrected chi connectivity index (χ1v) is 6.42. The predicted octanol–water partition coefficient (Wildman–Crippen LogP) is 2.72. The second-order valence-electron chi connectivity index (χ2n) is 4.97. The molecule has 0 saturated heterocycles. The van der Waals surface area contributed by atoms with Crippen molar-refractivity contribution >= 4 is 5.57 Å². The van der Waals surface area contributed by atoms with Crippen LogP contribution in [0.4, 0.5) is 0 Å². The van der Waals surface area contributed by atoms with Gasteiger partial charge in [0, 0.05) is 6.42 Å². The van der Waals surface area contributed by atoms with Crippen molar-refractivity contribution in [3.05, 3.63) is 77.9 Å². The quantitative estimate of drug-likeness (QED) is 0.862. The van der Waals surface area contributed by atoms with Crippen molar-refractivity contribution in [1.82, 2.24) is 0 Å². The lowest BCUT2D eigenvalue weighted by molar-refractivity contribution is -0.0449. The molecule has 2 heteroatoms. The molecule has 1 aliphatic rings. The Hall–Kier alpha value is -1.90. The van der Waals surface area contributed by atoms with Crippen molar-refractivity contribution in [2.45, 2.75) is 18.1 Å². The van der Waals surface area contributed by atoms with Gasteiger partial charge in [-0.3, -0.25) is 0 Å². The van der Waals surface area contributed by atoms with E-state index in [1.807, 2.05) is 60.7 Å². The van der Waals surface area contributed by atoms with Gasteiger partial charge in [-0.05, 0) is 22.8 Å². The zero-order valence-electron chi connectivity index (χ0n) is 10.5. The molecule has 0 aliphatic heterocycles. The van der Waals surface area contributed by atoms with Crippen molar-refractivity contribution < 1.29 is 10.2 Å². The highest BCUT2D eigenvalue weighted by molar-refractivity contribution is 5.70. The number of hydrogen-bond donors (Lipinski definition) is 2. The lowest BCUT2D eigenvalue weighted by Crippen LogP contribution is -2.34. The van der Waals surface area contributed by atoms with Gasteiger partial charge in [-0.15, -0.1) is 0 Å². The van der Waals surface area contributed by atoms with E-state index in [9.17, 15) is 10.2 Å². The van der Waals surface area contributed by atoms with Crippen LogP contribution < -0.4 is 0 Å². The van der Waals surface area contributed by atoms with Crippen LogP contribution in [0.2, 0.25) is 0 Å². The van der Waals surface area contributed by atoms with Gasteiger partial charge in [-0.25, -0.2) is 0 Å². The molecule has 96 valence electrons. The van der Waals surface area contributed by atoms with E-state index in [4.69, 9.17) is 0 Å². The highest BCUT2D eigenvalue weighted by Crippen LogP contribution is 2.42. The van der Waals surface area contributed by atoms with Gasteiger partial charge < -0.3 is 10.2 Å². The average molecular weight is 252 g/mol. The maximum Gasteiger partial charge on any atom is 0.123 e. The third-order valence-corrected chi connectivity index (χ3v) is 3.73. The highest BCUT2D eigenvalue weighted by atomic mass is 16.3. The van der Waals surface area contributed by atoms with Gasteiger partial charge in [-0.1, -0.05) is 60.7 Å². The second-order valence-corrected chi connectivity index (χ2v) is 4.97. The van der Waals surface area contributed by atoms with Crippen molar-refractivity contribution in [2.24, 2.45) is 0 Å². The van der Waals surface area contributed by atoms with Crippen molar-refractivity contribution in [2.75, 3.05) is 0 Å². The van der Waals surface area contributed by atoms with Crippen molar-refractivity contribution in [3.8, 4) is 0 Å². The smallest absolute Gasteiger partial charge is 0.123 e. The summed E-state index contributed by atoms with van der Waals surface area (Å²) in [7, 11) is 0. The summed E-state index contributed by atoms with van der Waals surface area (Å²) < 4.78 is 0. The molecule has 2 atom stereocenters. The molecule has 0 fully saturated rings. The Morgan fingerprint density at radius 1 is 0.895 bits per heavy atom. The maximum atomic E-state index is 10.8. The lowest BCUT2D eigenvalue weighted by atomic mass is 9.88. The monoisotopic (exact) mass is 252 g/mol. The van der Waals surface area contributed by atoms with Crippen LogP contribution in [0.5, 0.6) is 0 Å². The Kier molecular flexibility index (Phi) is 2.97. The van der Waals surface area contributed by atoms with E-state index in [0.717, 1.165) is 16.7 Å². The summed E-state index contributed by atoms with van der Waals surface area (Å²) in [5.41, 5.74) is 1.57.